The van der Waals surface area contributed by atoms with Crippen LogP contribution in [0.15, 0.2) is 0 Å². The van der Waals surface area contributed by atoms with Crippen molar-refractivity contribution in [3.8, 4) is 0 Å². The molecule has 0 aromatic rings. The Balaban J connectivity index is 1.69. The van der Waals surface area contributed by atoms with Crippen LogP contribution in [0.3, 0.4) is 0 Å². The second-order valence-electron chi connectivity index (χ2n) is 7.10. The Morgan fingerprint density at radius 2 is 2.05 bits per heavy atom. The number of likely N-dealkylation sites (tertiary alicyclic amines) is 1. The summed E-state index contributed by atoms with van der Waals surface area (Å²) in [5.74, 6) is 1.79. The molecule has 2 aliphatic heterocycles. The maximum absolute atomic E-state index is 12.1. The normalized spacial score (nSPS) is 23.0. The van der Waals surface area contributed by atoms with E-state index in [9.17, 15) is 9.59 Å². The van der Waals surface area contributed by atoms with Crippen LogP contribution in [0, 0.1) is 5.92 Å². The molecule has 0 aromatic carbocycles. The molecule has 2 rings (SSSR count). The molecule has 0 saturated carbocycles. The lowest BCUT2D eigenvalue weighted by Gasteiger charge is -2.47. The molecular formula is C16H28N2O3S. The zero-order valence-electron chi connectivity index (χ0n) is 14.1. The number of rotatable bonds is 6. The molecule has 5 nitrogen and oxygen atoms in total. The van der Waals surface area contributed by atoms with Crippen molar-refractivity contribution in [2.24, 2.45) is 5.92 Å². The number of amides is 2. The number of hydrogen-bond acceptors (Lipinski definition) is 4. The summed E-state index contributed by atoms with van der Waals surface area (Å²) in [6.45, 7) is 6.14. The second-order valence-corrected chi connectivity index (χ2v) is 8.59. The summed E-state index contributed by atoms with van der Waals surface area (Å²) >= 11 is 1.90. The van der Waals surface area contributed by atoms with Crippen LogP contribution in [0.4, 0.5) is 0 Å². The predicted octanol–water partition coefficient (Wildman–Crippen LogP) is 1.61. The fourth-order valence-corrected chi connectivity index (χ4v) is 4.40. The van der Waals surface area contributed by atoms with Crippen molar-refractivity contribution in [2.45, 2.75) is 44.0 Å². The van der Waals surface area contributed by atoms with Gasteiger partial charge >= 0.3 is 0 Å². The molecule has 2 aliphatic rings. The van der Waals surface area contributed by atoms with E-state index in [1.54, 1.807) is 19.0 Å². The molecular weight excluding hydrogens is 300 g/mol. The molecule has 1 spiro atoms. The minimum atomic E-state index is 0.00468. The first-order chi connectivity index (χ1) is 10.3. The third kappa shape index (κ3) is 4.38. The van der Waals surface area contributed by atoms with Gasteiger partial charge in [-0.2, -0.15) is 0 Å². The summed E-state index contributed by atoms with van der Waals surface area (Å²) in [7, 11) is 3.48. The molecule has 0 aromatic heterocycles. The largest absolute Gasteiger partial charge is 0.367 e. The van der Waals surface area contributed by atoms with E-state index in [1.807, 2.05) is 16.7 Å². The lowest BCUT2D eigenvalue weighted by Crippen LogP contribution is -2.60. The second kappa shape index (κ2) is 7.21. The predicted molar refractivity (Wildman–Crippen MR) is 88.9 cm³/mol. The number of ether oxygens (including phenoxy) is 1. The number of thioether (sulfide) groups is 1. The summed E-state index contributed by atoms with van der Waals surface area (Å²) < 4.78 is 5.90. The fraction of sp³-hybridized carbons (Fsp3) is 0.875. The third-order valence-corrected chi connectivity index (χ3v) is 5.94. The van der Waals surface area contributed by atoms with Gasteiger partial charge in [0.15, 0.2) is 0 Å². The van der Waals surface area contributed by atoms with Gasteiger partial charge < -0.3 is 14.5 Å². The average Bonchev–Trinajstić information content (AvgIpc) is 2.84. The highest BCUT2D eigenvalue weighted by molar-refractivity contribution is 8.01. The molecule has 2 amide bonds. The van der Waals surface area contributed by atoms with E-state index in [-0.39, 0.29) is 29.3 Å². The molecule has 0 aliphatic carbocycles. The van der Waals surface area contributed by atoms with E-state index in [0.29, 0.717) is 12.3 Å². The van der Waals surface area contributed by atoms with Gasteiger partial charge in [0.05, 0.1) is 10.9 Å². The number of carbonyl (C=O) groups excluding carboxylic acids is 2. The highest BCUT2D eigenvalue weighted by atomic mass is 32.2. The Kier molecular flexibility index (Phi) is 5.77. The van der Waals surface area contributed by atoms with Crippen LogP contribution in [0.1, 0.15) is 33.1 Å². The van der Waals surface area contributed by atoms with Crippen LogP contribution in [-0.4, -0.2) is 72.0 Å². The Hall–Kier alpha value is -0.750. The van der Waals surface area contributed by atoms with Crippen LogP contribution < -0.4 is 0 Å². The van der Waals surface area contributed by atoms with Gasteiger partial charge in [-0.3, -0.25) is 9.59 Å². The molecule has 0 N–H and O–H groups in total. The summed E-state index contributed by atoms with van der Waals surface area (Å²) in [6.07, 6.45) is 2.72. The number of carbonyl (C=O) groups is 2. The average molecular weight is 328 g/mol. The fourth-order valence-electron chi connectivity index (χ4n) is 2.84. The van der Waals surface area contributed by atoms with Gasteiger partial charge in [-0.05, 0) is 18.8 Å². The molecule has 1 atom stereocenters. The van der Waals surface area contributed by atoms with Gasteiger partial charge in [0.25, 0.3) is 0 Å². The first-order valence-corrected chi connectivity index (χ1v) is 9.03. The number of hydrogen-bond donors (Lipinski definition) is 0. The zero-order chi connectivity index (χ0) is 16.3. The van der Waals surface area contributed by atoms with E-state index in [1.165, 1.54) is 0 Å². The van der Waals surface area contributed by atoms with E-state index in [2.05, 4.69) is 13.8 Å². The molecule has 22 heavy (non-hydrogen) atoms. The summed E-state index contributed by atoms with van der Waals surface area (Å²) in [4.78, 5) is 27.2. The lowest BCUT2D eigenvalue weighted by atomic mass is 9.92. The molecule has 6 heteroatoms. The SMILES string of the molecule is CC(C)CCC(=O)N1CC2(CC(OCC(=O)N(C)C)CS2)C1. The van der Waals surface area contributed by atoms with Crippen molar-refractivity contribution in [3.63, 3.8) is 0 Å². The van der Waals surface area contributed by atoms with Gasteiger partial charge in [0.1, 0.15) is 6.61 Å². The smallest absolute Gasteiger partial charge is 0.248 e. The highest BCUT2D eigenvalue weighted by Crippen LogP contribution is 2.46. The lowest BCUT2D eigenvalue weighted by molar-refractivity contribution is -0.137. The molecule has 0 radical (unpaired) electrons. The quantitative estimate of drug-likeness (QED) is 0.743. The van der Waals surface area contributed by atoms with Crippen LogP contribution >= 0.6 is 11.8 Å². The minimum Gasteiger partial charge on any atom is -0.367 e. The third-order valence-electron chi connectivity index (χ3n) is 4.36. The summed E-state index contributed by atoms with van der Waals surface area (Å²) in [5, 5.41) is 0. The maximum atomic E-state index is 12.1. The molecule has 2 saturated heterocycles. The molecule has 2 fully saturated rings. The van der Waals surface area contributed by atoms with Crippen LogP contribution in [0.25, 0.3) is 0 Å². The van der Waals surface area contributed by atoms with Crippen molar-refractivity contribution >= 4 is 23.6 Å². The van der Waals surface area contributed by atoms with Crippen LogP contribution in [-0.2, 0) is 14.3 Å². The van der Waals surface area contributed by atoms with Crippen molar-refractivity contribution in [1.29, 1.82) is 0 Å². The molecule has 126 valence electrons. The van der Waals surface area contributed by atoms with Crippen LogP contribution in [0.5, 0.6) is 0 Å². The van der Waals surface area contributed by atoms with Gasteiger partial charge in [-0.25, -0.2) is 0 Å². The summed E-state index contributed by atoms with van der Waals surface area (Å²) in [5.41, 5.74) is 0. The van der Waals surface area contributed by atoms with E-state index < -0.39 is 0 Å². The van der Waals surface area contributed by atoms with Crippen molar-refractivity contribution in [1.82, 2.24) is 9.80 Å². The first kappa shape index (κ1) is 17.6. The highest BCUT2D eigenvalue weighted by Gasteiger charge is 2.50. The van der Waals surface area contributed by atoms with Crippen molar-refractivity contribution in [3.05, 3.63) is 0 Å². The topological polar surface area (TPSA) is 49.9 Å². The number of likely N-dealkylation sites (N-methyl/N-ethyl adjacent to an activating group) is 1. The minimum absolute atomic E-state index is 0.00468. The molecule has 0 bridgehead atoms. The van der Waals surface area contributed by atoms with Crippen molar-refractivity contribution < 1.29 is 14.3 Å². The molecule has 1 unspecified atom stereocenters. The Morgan fingerprint density at radius 3 is 2.64 bits per heavy atom. The van der Waals surface area contributed by atoms with Gasteiger partial charge in [-0.1, -0.05) is 13.8 Å². The van der Waals surface area contributed by atoms with E-state index >= 15 is 0 Å². The van der Waals surface area contributed by atoms with Crippen molar-refractivity contribution in [2.75, 3.05) is 39.5 Å². The van der Waals surface area contributed by atoms with Crippen LogP contribution in [0.2, 0.25) is 0 Å². The van der Waals surface area contributed by atoms with E-state index in [0.717, 1.165) is 31.7 Å². The Labute approximate surface area is 137 Å². The van der Waals surface area contributed by atoms with Gasteiger partial charge in [0.2, 0.25) is 11.8 Å². The van der Waals surface area contributed by atoms with E-state index in [4.69, 9.17) is 4.74 Å². The monoisotopic (exact) mass is 328 g/mol. The Morgan fingerprint density at radius 1 is 1.36 bits per heavy atom. The molecule has 2 heterocycles. The van der Waals surface area contributed by atoms with Gasteiger partial charge in [0, 0.05) is 39.4 Å². The zero-order valence-corrected chi connectivity index (χ0v) is 14.9. The number of nitrogens with zero attached hydrogens (tertiary/aromatic N) is 2. The maximum Gasteiger partial charge on any atom is 0.248 e. The Bertz CT molecular complexity index is 420. The van der Waals surface area contributed by atoms with Gasteiger partial charge in [-0.15, -0.1) is 11.8 Å². The first-order valence-electron chi connectivity index (χ1n) is 8.05. The summed E-state index contributed by atoms with van der Waals surface area (Å²) in [6, 6.07) is 0. The standard InChI is InChI=1S/C16H28N2O3S/c1-12(2)5-6-14(19)18-10-16(11-18)7-13(9-22-16)21-8-15(20)17(3)4/h12-13H,5-11H2,1-4H3.